The summed E-state index contributed by atoms with van der Waals surface area (Å²) in [6.45, 7) is 6.29. The SMILES string of the molecule is COc1ccccc1[C@@H](CC[NH2+]Cc1ccc(OC(C)C)cc1)c1ccc2c(c1)OCO2. The van der Waals surface area contributed by atoms with Gasteiger partial charge < -0.3 is 24.3 Å². The van der Waals surface area contributed by atoms with Gasteiger partial charge in [0.25, 0.3) is 0 Å². The van der Waals surface area contributed by atoms with E-state index < -0.39 is 0 Å². The Hall–Kier alpha value is -3.18. The number of fused-ring (bicyclic) bond motifs is 1. The third-order valence-corrected chi connectivity index (χ3v) is 5.65. The van der Waals surface area contributed by atoms with Crippen molar-refractivity contribution in [1.29, 1.82) is 0 Å². The molecule has 0 fully saturated rings. The topological polar surface area (TPSA) is 53.5 Å². The van der Waals surface area contributed by atoms with Crippen LogP contribution in [0.25, 0.3) is 0 Å². The van der Waals surface area contributed by atoms with E-state index in [4.69, 9.17) is 18.9 Å². The van der Waals surface area contributed by atoms with Crippen LogP contribution < -0.4 is 24.3 Å². The van der Waals surface area contributed by atoms with E-state index in [0.29, 0.717) is 0 Å². The summed E-state index contributed by atoms with van der Waals surface area (Å²) in [6.07, 6.45) is 1.17. The highest BCUT2D eigenvalue weighted by atomic mass is 16.7. The Morgan fingerprint density at radius 2 is 1.72 bits per heavy atom. The van der Waals surface area contributed by atoms with Gasteiger partial charge in [-0.3, -0.25) is 0 Å². The molecule has 1 atom stereocenters. The molecule has 1 aliphatic heterocycles. The van der Waals surface area contributed by atoms with E-state index in [9.17, 15) is 0 Å². The van der Waals surface area contributed by atoms with Gasteiger partial charge in [0.15, 0.2) is 11.5 Å². The number of ether oxygens (including phenoxy) is 4. The molecule has 32 heavy (non-hydrogen) atoms. The fourth-order valence-corrected chi connectivity index (χ4v) is 4.12. The number of methoxy groups -OCH3 is 1. The molecule has 0 amide bonds. The van der Waals surface area contributed by atoms with Crippen LogP contribution in [0.1, 0.15) is 42.9 Å². The van der Waals surface area contributed by atoms with Gasteiger partial charge in [0.05, 0.1) is 19.8 Å². The van der Waals surface area contributed by atoms with E-state index in [0.717, 1.165) is 42.5 Å². The fraction of sp³-hybridized carbons (Fsp3) is 0.333. The lowest BCUT2D eigenvalue weighted by Gasteiger charge is -2.20. The third-order valence-electron chi connectivity index (χ3n) is 5.65. The van der Waals surface area contributed by atoms with Crippen molar-refractivity contribution in [2.75, 3.05) is 20.4 Å². The van der Waals surface area contributed by atoms with Crippen molar-refractivity contribution in [3.63, 3.8) is 0 Å². The fourth-order valence-electron chi connectivity index (χ4n) is 4.12. The summed E-state index contributed by atoms with van der Waals surface area (Å²) in [7, 11) is 1.73. The molecule has 0 aliphatic carbocycles. The van der Waals surface area contributed by atoms with E-state index >= 15 is 0 Å². The lowest BCUT2D eigenvalue weighted by atomic mass is 9.87. The Labute approximate surface area is 190 Å². The van der Waals surface area contributed by atoms with Crippen molar-refractivity contribution in [3.8, 4) is 23.0 Å². The lowest BCUT2D eigenvalue weighted by Crippen LogP contribution is -2.82. The van der Waals surface area contributed by atoms with Crippen molar-refractivity contribution < 1.29 is 24.3 Å². The van der Waals surface area contributed by atoms with Crippen LogP contribution in [0, 0.1) is 0 Å². The molecule has 0 radical (unpaired) electrons. The smallest absolute Gasteiger partial charge is 0.231 e. The number of rotatable bonds is 10. The van der Waals surface area contributed by atoms with E-state index in [1.54, 1.807) is 7.11 Å². The number of hydrogen-bond acceptors (Lipinski definition) is 4. The first kappa shape index (κ1) is 22.0. The van der Waals surface area contributed by atoms with Gasteiger partial charge in [0, 0.05) is 23.5 Å². The van der Waals surface area contributed by atoms with Crippen LogP contribution in [-0.2, 0) is 6.54 Å². The maximum absolute atomic E-state index is 5.74. The Morgan fingerprint density at radius 1 is 0.938 bits per heavy atom. The van der Waals surface area contributed by atoms with Crippen LogP contribution in [-0.4, -0.2) is 26.6 Å². The second-order valence-electron chi connectivity index (χ2n) is 8.29. The Morgan fingerprint density at radius 3 is 2.50 bits per heavy atom. The van der Waals surface area contributed by atoms with Crippen LogP contribution in [0.15, 0.2) is 66.7 Å². The molecule has 1 heterocycles. The zero-order valence-corrected chi connectivity index (χ0v) is 19.0. The molecule has 5 nitrogen and oxygen atoms in total. The highest BCUT2D eigenvalue weighted by Crippen LogP contribution is 2.39. The van der Waals surface area contributed by atoms with E-state index in [2.05, 4.69) is 41.7 Å². The van der Waals surface area contributed by atoms with Gasteiger partial charge in [-0.25, -0.2) is 0 Å². The first-order chi connectivity index (χ1) is 15.6. The van der Waals surface area contributed by atoms with Gasteiger partial charge in [-0.15, -0.1) is 0 Å². The van der Waals surface area contributed by atoms with Gasteiger partial charge >= 0.3 is 0 Å². The molecule has 1 aliphatic rings. The van der Waals surface area contributed by atoms with Crippen LogP contribution in [0.2, 0.25) is 0 Å². The van der Waals surface area contributed by atoms with Crippen molar-refractivity contribution >= 4 is 0 Å². The molecule has 0 aromatic heterocycles. The number of hydrogen-bond donors (Lipinski definition) is 1. The van der Waals surface area contributed by atoms with Crippen molar-refractivity contribution in [1.82, 2.24) is 0 Å². The summed E-state index contributed by atoms with van der Waals surface area (Å²) in [6, 6.07) is 22.9. The summed E-state index contributed by atoms with van der Waals surface area (Å²) in [4.78, 5) is 0. The number of nitrogens with two attached hydrogens (primary N) is 1. The van der Waals surface area contributed by atoms with Crippen LogP contribution >= 0.6 is 0 Å². The molecular weight excluding hydrogens is 402 g/mol. The molecule has 2 N–H and O–H groups in total. The molecule has 3 aromatic rings. The van der Waals surface area contributed by atoms with E-state index in [1.807, 2.05) is 44.2 Å². The maximum Gasteiger partial charge on any atom is 0.231 e. The quantitative estimate of drug-likeness (QED) is 0.478. The standard InChI is InChI=1S/C27H31NO4/c1-19(2)32-22-11-8-20(9-12-22)17-28-15-14-23(24-6-4-5-7-25(24)29-3)21-10-13-26-27(16-21)31-18-30-26/h4-13,16,19,23,28H,14-15,17-18H2,1-3H3/p+1/t23-/m0/s1. The van der Waals surface area contributed by atoms with Gasteiger partial charge in [-0.1, -0.05) is 24.3 Å². The lowest BCUT2D eigenvalue weighted by molar-refractivity contribution is -0.671. The Bertz CT molecular complexity index is 1020. The van der Waals surface area contributed by atoms with Gasteiger partial charge in [-0.2, -0.15) is 0 Å². The summed E-state index contributed by atoms with van der Waals surface area (Å²) in [5.41, 5.74) is 3.69. The highest BCUT2D eigenvalue weighted by Gasteiger charge is 2.22. The van der Waals surface area contributed by atoms with Gasteiger partial charge in [0.2, 0.25) is 6.79 Å². The minimum Gasteiger partial charge on any atom is -0.496 e. The molecular formula is C27H32NO4+. The molecule has 3 aromatic carbocycles. The Kier molecular flexibility index (Phi) is 7.17. The van der Waals surface area contributed by atoms with E-state index in [-0.39, 0.29) is 18.8 Å². The second kappa shape index (κ2) is 10.4. The summed E-state index contributed by atoms with van der Waals surface area (Å²) in [5.74, 6) is 3.66. The van der Waals surface area contributed by atoms with Crippen molar-refractivity contribution in [3.05, 3.63) is 83.4 Å². The second-order valence-corrected chi connectivity index (χ2v) is 8.29. The minimum atomic E-state index is 0.190. The monoisotopic (exact) mass is 434 g/mol. The highest BCUT2D eigenvalue weighted by molar-refractivity contribution is 5.49. The van der Waals surface area contributed by atoms with Gasteiger partial charge in [-0.05, 0) is 61.9 Å². The third kappa shape index (κ3) is 5.35. The molecule has 0 saturated carbocycles. The van der Waals surface area contributed by atoms with Crippen molar-refractivity contribution in [2.24, 2.45) is 0 Å². The number of benzene rings is 3. The zero-order valence-electron chi connectivity index (χ0n) is 19.0. The predicted molar refractivity (Wildman–Crippen MR) is 125 cm³/mol. The average molecular weight is 435 g/mol. The first-order valence-corrected chi connectivity index (χ1v) is 11.2. The number of para-hydroxylation sites is 1. The van der Waals surface area contributed by atoms with Crippen LogP contribution in [0.5, 0.6) is 23.0 Å². The molecule has 0 spiro atoms. The van der Waals surface area contributed by atoms with Crippen molar-refractivity contribution in [2.45, 2.75) is 38.8 Å². The average Bonchev–Trinajstić information content (AvgIpc) is 3.28. The maximum atomic E-state index is 5.74. The molecule has 168 valence electrons. The Balaban J connectivity index is 1.44. The van der Waals surface area contributed by atoms with Gasteiger partial charge in [0.1, 0.15) is 18.0 Å². The number of quaternary nitrogens is 1. The first-order valence-electron chi connectivity index (χ1n) is 11.2. The van der Waals surface area contributed by atoms with Crippen LogP contribution in [0.4, 0.5) is 0 Å². The molecule has 0 bridgehead atoms. The summed E-state index contributed by atoms with van der Waals surface area (Å²) >= 11 is 0. The molecule has 4 rings (SSSR count). The molecule has 0 saturated heterocycles. The summed E-state index contributed by atoms with van der Waals surface area (Å²) in [5, 5.41) is 2.35. The molecule has 0 unspecified atom stereocenters. The van der Waals surface area contributed by atoms with E-state index in [1.165, 1.54) is 16.7 Å². The minimum absolute atomic E-state index is 0.190. The largest absolute Gasteiger partial charge is 0.496 e. The van der Waals surface area contributed by atoms with Crippen LogP contribution in [0.3, 0.4) is 0 Å². The molecule has 5 heteroatoms. The summed E-state index contributed by atoms with van der Waals surface area (Å²) < 4.78 is 22.5. The predicted octanol–water partition coefficient (Wildman–Crippen LogP) is 4.50. The normalized spacial score (nSPS) is 13.2. The zero-order chi connectivity index (χ0) is 22.3.